The summed E-state index contributed by atoms with van der Waals surface area (Å²) >= 11 is 0. The zero-order valence-electron chi connectivity index (χ0n) is 12.0. The Labute approximate surface area is 124 Å². The van der Waals surface area contributed by atoms with Crippen molar-refractivity contribution in [2.45, 2.75) is 6.54 Å². The standard InChI is InChI=1S/C18H18NO2/c1-20-17-6-8-18(9-7-17)21-13-12-19-11-10-15-4-2-3-5-16(15)14-19/h2-11,14H,12-13H2,1H3/q+1. The van der Waals surface area contributed by atoms with Crippen LogP contribution >= 0.6 is 0 Å². The monoisotopic (exact) mass is 280 g/mol. The first kappa shape index (κ1) is 13.4. The van der Waals surface area contributed by atoms with E-state index >= 15 is 0 Å². The van der Waals surface area contributed by atoms with Crippen LogP contribution in [0.5, 0.6) is 11.5 Å². The van der Waals surface area contributed by atoms with Gasteiger partial charge in [0.15, 0.2) is 18.9 Å². The highest BCUT2D eigenvalue weighted by atomic mass is 16.5. The molecule has 1 heterocycles. The second-order valence-electron chi connectivity index (χ2n) is 4.84. The van der Waals surface area contributed by atoms with E-state index in [-0.39, 0.29) is 0 Å². The van der Waals surface area contributed by atoms with Crippen LogP contribution in [-0.2, 0) is 6.54 Å². The van der Waals surface area contributed by atoms with E-state index in [1.165, 1.54) is 10.8 Å². The van der Waals surface area contributed by atoms with E-state index in [2.05, 4.69) is 47.3 Å². The van der Waals surface area contributed by atoms with E-state index in [4.69, 9.17) is 9.47 Å². The Morgan fingerprint density at radius 3 is 2.33 bits per heavy atom. The van der Waals surface area contributed by atoms with Gasteiger partial charge in [-0.05, 0) is 35.7 Å². The van der Waals surface area contributed by atoms with E-state index in [1.807, 2.05) is 24.3 Å². The minimum absolute atomic E-state index is 0.634. The SMILES string of the molecule is COc1ccc(OCC[n+]2ccc3ccccc3c2)cc1. The Morgan fingerprint density at radius 1 is 0.857 bits per heavy atom. The van der Waals surface area contributed by atoms with Gasteiger partial charge in [0.1, 0.15) is 18.1 Å². The summed E-state index contributed by atoms with van der Waals surface area (Å²) in [5, 5.41) is 2.49. The van der Waals surface area contributed by atoms with Gasteiger partial charge >= 0.3 is 0 Å². The number of aromatic nitrogens is 1. The summed E-state index contributed by atoms with van der Waals surface area (Å²) in [5.41, 5.74) is 0. The molecule has 0 aliphatic carbocycles. The van der Waals surface area contributed by atoms with Gasteiger partial charge in [-0.1, -0.05) is 18.2 Å². The molecular weight excluding hydrogens is 262 g/mol. The number of hydrogen-bond donors (Lipinski definition) is 0. The largest absolute Gasteiger partial charge is 0.497 e. The lowest BCUT2D eigenvalue weighted by Crippen LogP contribution is -2.35. The number of hydrogen-bond acceptors (Lipinski definition) is 2. The van der Waals surface area contributed by atoms with Crippen molar-refractivity contribution in [2.75, 3.05) is 13.7 Å². The maximum Gasteiger partial charge on any atom is 0.182 e. The highest BCUT2D eigenvalue weighted by molar-refractivity contribution is 5.80. The van der Waals surface area contributed by atoms with Crippen molar-refractivity contribution in [3.63, 3.8) is 0 Å². The lowest BCUT2D eigenvalue weighted by Gasteiger charge is -2.05. The Hall–Kier alpha value is -2.55. The zero-order chi connectivity index (χ0) is 14.5. The number of pyridine rings is 1. The molecule has 0 radical (unpaired) electrons. The molecule has 3 aromatic rings. The summed E-state index contributed by atoms with van der Waals surface area (Å²) in [7, 11) is 1.66. The van der Waals surface area contributed by atoms with Crippen LogP contribution in [0.4, 0.5) is 0 Å². The molecule has 3 rings (SSSR count). The van der Waals surface area contributed by atoms with Gasteiger partial charge in [0.05, 0.1) is 7.11 Å². The Kier molecular flexibility index (Phi) is 4.01. The van der Waals surface area contributed by atoms with Crippen LogP contribution in [0.15, 0.2) is 67.0 Å². The molecule has 21 heavy (non-hydrogen) atoms. The van der Waals surface area contributed by atoms with E-state index in [0.29, 0.717) is 6.61 Å². The number of methoxy groups -OCH3 is 1. The van der Waals surface area contributed by atoms with Crippen molar-refractivity contribution in [3.05, 3.63) is 67.0 Å². The number of rotatable bonds is 5. The summed E-state index contributed by atoms with van der Waals surface area (Å²) in [4.78, 5) is 0. The zero-order valence-corrected chi connectivity index (χ0v) is 12.0. The molecule has 0 amide bonds. The first-order chi connectivity index (χ1) is 10.3. The molecule has 0 fully saturated rings. The van der Waals surface area contributed by atoms with Gasteiger partial charge in [0.2, 0.25) is 0 Å². The summed E-state index contributed by atoms with van der Waals surface area (Å²) in [6.07, 6.45) is 4.23. The van der Waals surface area contributed by atoms with Gasteiger partial charge in [-0.2, -0.15) is 0 Å². The van der Waals surface area contributed by atoms with E-state index in [0.717, 1.165) is 18.0 Å². The van der Waals surface area contributed by atoms with Gasteiger partial charge < -0.3 is 9.47 Å². The van der Waals surface area contributed by atoms with E-state index in [1.54, 1.807) is 7.11 Å². The average Bonchev–Trinajstić information content (AvgIpc) is 2.55. The Bertz CT molecular complexity index is 723. The first-order valence-electron chi connectivity index (χ1n) is 7.00. The highest BCUT2D eigenvalue weighted by Crippen LogP contribution is 2.16. The average molecular weight is 280 g/mol. The van der Waals surface area contributed by atoms with Gasteiger partial charge in [-0.25, -0.2) is 4.57 Å². The maximum atomic E-state index is 5.75. The highest BCUT2D eigenvalue weighted by Gasteiger charge is 2.03. The van der Waals surface area contributed by atoms with Crippen molar-refractivity contribution in [1.29, 1.82) is 0 Å². The van der Waals surface area contributed by atoms with Crippen LogP contribution in [0.25, 0.3) is 10.8 Å². The van der Waals surface area contributed by atoms with Crippen molar-refractivity contribution in [1.82, 2.24) is 0 Å². The summed E-state index contributed by atoms with van der Waals surface area (Å²) in [6, 6.07) is 18.1. The smallest absolute Gasteiger partial charge is 0.182 e. The van der Waals surface area contributed by atoms with Gasteiger partial charge in [-0.15, -0.1) is 0 Å². The Morgan fingerprint density at radius 2 is 1.57 bits per heavy atom. The van der Waals surface area contributed by atoms with Crippen LogP contribution in [0.2, 0.25) is 0 Å². The summed E-state index contributed by atoms with van der Waals surface area (Å²) in [5.74, 6) is 1.70. The molecule has 0 atom stereocenters. The lowest BCUT2D eigenvalue weighted by atomic mass is 10.2. The molecule has 3 nitrogen and oxygen atoms in total. The molecule has 0 saturated carbocycles. The number of benzene rings is 2. The van der Waals surface area contributed by atoms with Crippen molar-refractivity contribution < 1.29 is 14.0 Å². The van der Waals surface area contributed by atoms with Crippen LogP contribution in [0.3, 0.4) is 0 Å². The molecule has 0 saturated heterocycles. The molecule has 0 aliphatic rings. The quantitative estimate of drug-likeness (QED) is 0.670. The van der Waals surface area contributed by atoms with E-state index < -0.39 is 0 Å². The van der Waals surface area contributed by atoms with Crippen molar-refractivity contribution in [3.8, 4) is 11.5 Å². The lowest BCUT2D eigenvalue weighted by molar-refractivity contribution is -0.696. The fourth-order valence-corrected chi connectivity index (χ4v) is 2.26. The molecule has 0 N–H and O–H groups in total. The number of fused-ring (bicyclic) bond motifs is 1. The number of ether oxygens (including phenoxy) is 2. The third-order valence-electron chi connectivity index (χ3n) is 3.42. The fraction of sp³-hybridized carbons (Fsp3) is 0.167. The van der Waals surface area contributed by atoms with Gasteiger partial charge in [0.25, 0.3) is 0 Å². The predicted molar refractivity (Wildman–Crippen MR) is 82.6 cm³/mol. The molecule has 0 spiro atoms. The van der Waals surface area contributed by atoms with Crippen LogP contribution in [0.1, 0.15) is 0 Å². The molecule has 2 aromatic carbocycles. The molecule has 106 valence electrons. The normalized spacial score (nSPS) is 10.5. The van der Waals surface area contributed by atoms with Crippen LogP contribution in [0, 0.1) is 0 Å². The third-order valence-corrected chi connectivity index (χ3v) is 3.42. The minimum atomic E-state index is 0.634. The van der Waals surface area contributed by atoms with Crippen molar-refractivity contribution >= 4 is 10.8 Å². The summed E-state index contributed by atoms with van der Waals surface area (Å²) < 4.78 is 13.0. The van der Waals surface area contributed by atoms with Crippen LogP contribution < -0.4 is 14.0 Å². The second-order valence-corrected chi connectivity index (χ2v) is 4.84. The maximum absolute atomic E-state index is 5.75. The van der Waals surface area contributed by atoms with Gasteiger partial charge in [0, 0.05) is 11.5 Å². The molecular formula is C18H18NO2+. The van der Waals surface area contributed by atoms with Crippen molar-refractivity contribution in [2.24, 2.45) is 0 Å². The molecule has 0 unspecified atom stereocenters. The minimum Gasteiger partial charge on any atom is -0.497 e. The molecule has 0 bridgehead atoms. The van der Waals surface area contributed by atoms with Crippen LogP contribution in [-0.4, -0.2) is 13.7 Å². The van der Waals surface area contributed by atoms with Gasteiger partial charge in [-0.3, -0.25) is 0 Å². The topological polar surface area (TPSA) is 22.3 Å². The molecule has 1 aromatic heterocycles. The molecule has 0 aliphatic heterocycles. The summed E-state index contributed by atoms with van der Waals surface area (Å²) in [6.45, 7) is 1.45. The fourth-order valence-electron chi connectivity index (χ4n) is 2.26. The Balaban J connectivity index is 1.60. The second kappa shape index (κ2) is 6.27. The third kappa shape index (κ3) is 3.31. The molecule has 3 heteroatoms. The number of nitrogens with zero attached hydrogens (tertiary/aromatic N) is 1. The predicted octanol–water partition coefficient (Wildman–Crippen LogP) is 3.21. The first-order valence-corrected chi connectivity index (χ1v) is 7.00. The van der Waals surface area contributed by atoms with E-state index in [9.17, 15) is 0 Å².